The number of benzene rings is 2. The minimum Gasteiger partial charge on any atom is -0.370 e. The molecule has 0 saturated carbocycles. The summed E-state index contributed by atoms with van der Waals surface area (Å²) in [6, 6.07) is 15.0. The zero-order chi connectivity index (χ0) is 14.7. The third-order valence-corrected chi connectivity index (χ3v) is 4.02. The molecule has 0 aromatic heterocycles. The maximum absolute atomic E-state index is 5.40. The summed E-state index contributed by atoms with van der Waals surface area (Å²) in [6.45, 7) is 0. The van der Waals surface area contributed by atoms with Gasteiger partial charge in [-0.3, -0.25) is 0 Å². The van der Waals surface area contributed by atoms with Crippen molar-refractivity contribution in [1.29, 1.82) is 0 Å². The quantitative estimate of drug-likeness (QED) is 0.652. The average molecular weight is 279 g/mol. The largest absolute Gasteiger partial charge is 0.370 e. The number of nitrogens with two attached hydrogens (primary N) is 2. The van der Waals surface area contributed by atoms with Gasteiger partial charge in [-0.05, 0) is 60.1 Å². The maximum atomic E-state index is 5.40. The lowest BCUT2D eigenvalue weighted by atomic mass is 9.90. The smallest absolute Gasteiger partial charge is 0.191 e. The van der Waals surface area contributed by atoms with Gasteiger partial charge in [0.25, 0.3) is 0 Å². The van der Waals surface area contributed by atoms with E-state index in [0.29, 0.717) is 0 Å². The summed E-state index contributed by atoms with van der Waals surface area (Å²) < 4.78 is 0. The number of hydrogen-bond donors (Lipinski definition) is 2. The fourth-order valence-electron chi connectivity index (χ4n) is 2.98. The first kappa shape index (κ1) is 13.7. The summed E-state index contributed by atoms with van der Waals surface area (Å²) >= 11 is 0. The SMILES string of the molecule is NC(N)=Nc1ccc(-c2ccc3cc2CCCCC3)cc1. The molecule has 3 heteroatoms. The molecular weight excluding hydrogens is 258 g/mol. The molecule has 0 spiro atoms. The molecule has 0 saturated heterocycles. The Morgan fingerprint density at radius 2 is 1.62 bits per heavy atom. The molecule has 1 aliphatic rings. The Hall–Kier alpha value is -2.29. The maximum Gasteiger partial charge on any atom is 0.191 e. The van der Waals surface area contributed by atoms with Crippen molar-refractivity contribution < 1.29 is 0 Å². The summed E-state index contributed by atoms with van der Waals surface area (Å²) in [7, 11) is 0. The second kappa shape index (κ2) is 6.00. The monoisotopic (exact) mass is 279 g/mol. The predicted octanol–water partition coefficient (Wildman–Crippen LogP) is 3.53. The van der Waals surface area contributed by atoms with Gasteiger partial charge < -0.3 is 11.5 Å². The molecule has 3 nitrogen and oxygen atoms in total. The van der Waals surface area contributed by atoms with E-state index in [1.165, 1.54) is 54.4 Å². The standard InChI is InChI=1S/C18H21N3/c19-18(20)21-16-9-7-14(8-10-16)17-11-6-13-4-2-1-3-5-15(17)12-13/h6-12H,1-5H2,(H4,19,20,21). The molecule has 21 heavy (non-hydrogen) atoms. The first-order chi connectivity index (χ1) is 10.2. The molecule has 2 aromatic carbocycles. The van der Waals surface area contributed by atoms with Crippen LogP contribution < -0.4 is 11.5 Å². The molecule has 2 bridgehead atoms. The molecule has 2 aromatic rings. The molecule has 0 heterocycles. The van der Waals surface area contributed by atoms with Gasteiger partial charge in [0.05, 0.1) is 5.69 Å². The van der Waals surface area contributed by atoms with E-state index in [1.54, 1.807) is 0 Å². The molecule has 0 atom stereocenters. The zero-order valence-electron chi connectivity index (χ0n) is 12.2. The van der Waals surface area contributed by atoms with Gasteiger partial charge in [0, 0.05) is 0 Å². The van der Waals surface area contributed by atoms with E-state index in [9.17, 15) is 0 Å². The van der Waals surface area contributed by atoms with Crippen molar-refractivity contribution in [2.24, 2.45) is 16.5 Å². The lowest BCUT2D eigenvalue weighted by Crippen LogP contribution is -2.21. The second-order valence-corrected chi connectivity index (χ2v) is 5.64. The molecule has 4 N–H and O–H groups in total. The van der Waals surface area contributed by atoms with Crippen LogP contribution in [0.2, 0.25) is 0 Å². The average Bonchev–Trinajstić information content (AvgIpc) is 2.45. The second-order valence-electron chi connectivity index (χ2n) is 5.64. The van der Waals surface area contributed by atoms with Gasteiger partial charge in [-0.2, -0.15) is 0 Å². The molecular formula is C18H21N3. The molecule has 108 valence electrons. The Balaban J connectivity index is 1.95. The van der Waals surface area contributed by atoms with Crippen molar-refractivity contribution in [3.8, 4) is 11.1 Å². The third kappa shape index (κ3) is 3.24. The van der Waals surface area contributed by atoms with Crippen LogP contribution >= 0.6 is 0 Å². The van der Waals surface area contributed by atoms with Crippen molar-refractivity contribution >= 4 is 11.6 Å². The zero-order valence-corrected chi connectivity index (χ0v) is 12.2. The van der Waals surface area contributed by atoms with Gasteiger partial charge in [0.15, 0.2) is 5.96 Å². The van der Waals surface area contributed by atoms with Crippen LogP contribution in [-0.4, -0.2) is 5.96 Å². The van der Waals surface area contributed by atoms with Crippen LogP contribution in [0.25, 0.3) is 11.1 Å². The van der Waals surface area contributed by atoms with Gasteiger partial charge in [-0.25, -0.2) is 4.99 Å². The highest BCUT2D eigenvalue weighted by molar-refractivity contribution is 5.79. The Morgan fingerprint density at radius 3 is 2.38 bits per heavy atom. The fraction of sp³-hybridized carbons (Fsp3) is 0.278. The number of rotatable bonds is 2. The molecule has 0 unspecified atom stereocenters. The van der Waals surface area contributed by atoms with E-state index in [1.807, 2.05) is 12.1 Å². The number of aliphatic imine (C=N–C) groups is 1. The highest BCUT2D eigenvalue weighted by atomic mass is 15.0. The topological polar surface area (TPSA) is 64.4 Å². The van der Waals surface area contributed by atoms with E-state index >= 15 is 0 Å². The van der Waals surface area contributed by atoms with E-state index in [2.05, 4.69) is 35.3 Å². The number of fused-ring (bicyclic) bond motifs is 2. The first-order valence-corrected chi connectivity index (χ1v) is 7.54. The van der Waals surface area contributed by atoms with Gasteiger partial charge in [0.2, 0.25) is 0 Å². The van der Waals surface area contributed by atoms with Gasteiger partial charge >= 0.3 is 0 Å². The van der Waals surface area contributed by atoms with E-state index in [-0.39, 0.29) is 5.96 Å². The van der Waals surface area contributed by atoms with Crippen molar-refractivity contribution in [1.82, 2.24) is 0 Å². The fourth-order valence-corrected chi connectivity index (χ4v) is 2.98. The predicted molar refractivity (Wildman–Crippen MR) is 88.6 cm³/mol. The Kier molecular flexibility index (Phi) is 3.91. The summed E-state index contributed by atoms with van der Waals surface area (Å²) in [5.41, 5.74) is 17.1. The van der Waals surface area contributed by atoms with Gasteiger partial charge in [-0.1, -0.05) is 36.8 Å². The normalized spacial score (nSPS) is 14.1. The van der Waals surface area contributed by atoms with Crippen molar-refractivity contribution in [2.75, 3.05) is 0 Å². The number of guanidine groups is 1. The van der Waals surface area contributed by atoms with Gasteiger partial charge in [-0.15, -0.1) is 0 Å². The Bertz CT molecular complexity index is 653. The third-order valence-electron chi connectivity index (χ3n) is 4.02. The highest BCUT2D eigenvalue weighted by Crippen LogP contribution is 2.29. The number of hydrogen-bond acceptors (Lipinski definition) is 1. The van der Waals surface area contributed by atoms with E-state index < -0.39 is 0 Å². The first-order valence-electron chi connectivity index (χ1n) is 7.54. The van der Waals surface area contributed by atoms with Crippen LogP contribution in [0, 0.1) is 0 Å². The minimum absolute atomic E-state index is 0.0925. The van der Waals surface area contributed by atoms with Crippen LogP contribution in [0.5, 0.6) is 0 Å². The van der Waals surface area contributed by atoms with Crippen molar-refractivity contribution in [2.45, 2.75) is 32.1 Å². The summed E-state index contributed by atoms with van der Waals surface area (Å²) in [5.74, 6) is 0.0925. The molecule has 0 radical (unpaired) electrons. The summed E-state index contributed by atoms with van der Waals surface area (Å²) in [5, 5.41) is 0. The van der Waals surface area contributed by atoms with Crippen molar-refractivity contribution in [3.05, 3.63) is 53.6 Å². The summed E-state index contributed by atoms with van der Waals surface area (Å²) in [6.07, 6.45) is 6.29. The van der Waals surface area contributed by atoms with Crippen LogP contribution in [0.15, 0.2) is 47.5 Å². The number of aryl methyl sites for hydroxylation is 2. The molecule has 3 rings (SSSR count). The van der Waals surface area contributed by atoms with Gasteiger partial charge in [0.1, 0.15) is 0 Å². The van der Waals surface area contributed by atoms with Crippen LogP contribution in [0.1, 0.15) is 30.4 Å². The minimum atomic E-state index is 0.0925. The van der Waals surface area contributed by atoms with Crippen molar-refractivity contribution in [3.63, 3.8) is 0 Å². The molecule has 0 aliphatic heterocycles. The highest BCUT2D eigenvalue weighted by Gasteiger charge is 2.09. The van der Waals surface area contributed by atoms with E-state index in [0.717, 1.165) is 5.69 Å². The Labute approximate surface area is 125 Å². The van der Waals surface area contributed by atoms with Crippen LogP contribution in [0.3, 0.4) is 0 Å². The Morgan fingerprint density at radius 1 is 0.857 bits per heavy atom. The lowest BCUT2D eigenvalue weighted by Gasteiger charge is -2.15. The molecule has 1 aliphatic carbocycles. The van der Waals surface area contributed by atoms with E-state index in [4.69, 9.17) is 11.5 Å². The van der Waals surface area contributed by atoms with Crippen LogP contribution in [0.4, 0.5) is 5.69 Å². The summed E-state index contributed by atoms with van der Waals surface area (Å²) in [4.78, 5) is 4.06. The lowest BCUT2D eigenvalue weighted by molar-refractivity contribution is 0.667. The molecule has 0 fully saturated rings. The molecule has 0 amide bonds. The van der Waals surface area contributed by atoms with Crippen LogP contribution in [-0.2, 0) is 12.8 Å². The number of nitrogens with zero attached hydrogens (tertiary/aromatic N) is 1.